The molecular formula is C26H23N3O2S. The number of aromatic nitrogens is 3. The van der Waals surface area contributed by atoms with Gasteiger partial charge in [-0.15, -0.1) is 11.3 Å². The molecule has 4 heterocycles. The number of esters is 1. The molecule has 0 aliphatic rings. The van der Waals surface area contributed by atoms with E-state index in [1.54, 1.807) is 25.4 Å². The van der Waals surface area contributed by atoms with Crippen molar-refractivity contribution < 1.29 is 9.53 Å². The predicted octanol–water partition coefficient (Wildman–Crippen LogP) is 6.23. The van der Waals surface area contributed by atoms with Crippen molar-refractivity contribution in [1.29, 1.82) is 0 Å². The molecule has 0 aromatic carbocycles. The minimum Gasteiger partial charge on any atom is -0.462 e. The van der Waals surface area contributed by atoms with Crippen LogP contribution in [0.25, 0.3) is 34.9 Å². The first-order valence-corrected chi connectivity index (χ1v) is 11.2. The molecule has 160 valence electrons. The van der Waals surface area contributed by atoms with Crippen molar-refractivity contribution in [2.24, 2.45) is 0 Å². The minimum absolute atomic E-state index is 0.284. The Hall–Kier alpha value is -3.64. The summed E-state index contributed by atoms with van der Waals surface area (Å²) in [5.74, 6) is -0.284. The van der Waals surface area contributed by atoms with Crippen LogP contribution in [0.5, 0.6) is 0 Å². The maximum Gasteiger partial charge on any atom is 0.348 e. The van der Waals surface area contributed by atoms with Crippen LogP contribution in [0.1, 0.15) is 38.2 Å². The van der Waals surface area contributed by atoms with Crippen molar-refractivity contribution in [3.63, 3.8) is 0 Å². The second-order valence-electron chi connectivity index (χ2n) is 7.36. The average Bonchev–Trinajstić information content (AvgIpc) is 3.27. The molecular weight excluding hydrogens is 418 g/mol. The molecule has 0 spiro atoms. The van der Waals surface area contributed by atoms with E-state index in [2.05, 4.69) is 9.97 Å². The van der Waals surface area contributed by atoms with Crippen molar-refractivity contribution in [2.75, 3.05) is 6.61 Å². The Morgan fingerprint density at radius 3 is 2.28 bits per heavy atom. The highest BCUT2D eigenvalue weighted by molar-refractivity contribution is 7.14. The van der Waals surface area contributed by atoms with Crippen LogP contribution >= 0.6 is 11.3 Å². The summed E-state index contributed by atoms with van der Waals surface area (Å²) in [5, 5.41) is 0. The summed E-state index contributed by atoms with van der Waals surface area (Å²) < 4.78 is 5.05. The molecule has 4 rings (SSSR count). The summed E-state index contributed by atoms with van der Waals surface area (Å²) in [5.41, 5.74) is 6.52. The van der Waals surface area contributed by atoms with E-state index in [0.717, 1.165) is 44.3 Å². The zero-order valence-corrected chi connectivity index (χ0v) is 19.0. The lowest BCUT2D eigenvalue weighted by Gasteiger charge is -2.07. The first-order chi connectivity index (χ1) is 15.5. The summed E-state index contributed by atoms with van der Waals surface area (Å²) in [7, 11) is 0. The molecule has 32 heavy (non-hydrogen) atoms. The zero-order chi connectivity index (χ0) is 22.5. The molecule has 0 fully saturated rings. The lowest BCUT2D eigenvalue weighted by molar-refractivity contribution is 0.0532. The molecule has 0 N–H and O–H groups in total. The van der Waals surface area contributed by atoms with E-state index in [9.17, 15) is 4.79 Å². The Bertz CT molecular complexity index is 1290. The Morgan fingerprint density at radius 1 is 0.875 bits per heavy atom. The standard InChI is InChI=1S/C26H23N3O2S/c1-4-31-26(30)25-8-7-20(32-25)6-5-19-10-12-28-22(16-19)24-15-18(3)14-23(29-24)21-13-17(2)9-11-27-21/h5-16H,4H2,1-3H3. The van der Waals surface area contributed by atoms with E-state index in [1.165, 1.54) is 11.3 Å². The Morgan fingerprint density at radius 2 is 1.56 bits per heavy atom. The lowest BCUT2D eigenvalue weighted by atomic mass is 10.1. The summed E-state index contributed by atoms with van der Waals surface area (Å²) in [4.78, 5) is 27.2. The molecule has 0 saturated heterocycles. The summed E-state index contributed by atoms with van der Waals surface area (Å²) in [6.07, 6.45) is 7.57. The average molecular weight is 442 g/mol. The van der Waals surface area contributed by atoms with E-state index in [4.69, 9.17) is 9.72 Å². The van der Waals surface area contributed by atoms with Gasteiger partial charge in [0.15, 0.2) is 0 Å². The number of carbonyl (C=O) groups is 1. The number of nitrogens with zero attached hydrogens (tertiary/aromatic N) is 3. The Kier molecular flexibility index (Phi) is 6.52. The van der Waals surface area contributed by atoms with E-state index >= 15 is 0 Å². The molecule has 0 amide bonds. The molecule has 0 atom stereocenters. The van der Waals surface area contributed by atoms with Crippen molar-refractivity contribution >= 4 is 29.5 Å². The molecule has 4 aromatic heterocycles. The summed E-state index contributed by atoms with van der Waals surface area (Å²) in [6, 6.07) is 15.7. The zero-order valence-electron chi connectivity index (χ0n) is 18.2. The number of pyridine rings is 3. The van der Waals surface area contributed by atoms with Crippen LogP contribution < -0.4 is 0 Å². The van der Waals surface area contributed by atoms with Gasteiger partial charge in [-0.2, -0.15) is 0 Å². The lowest BCUT2D eigenvalue weighted by Crippen LogP contribution is -2.01. The molecule has 0 unspecified atom stereocenters. The second-order valence-corrected chi connectivity index (χ2v) is 8.48. The van der Waals surface area contributed by atoms with Crippen molar-refractivity contribution in [3.8, 4) is 22.8 Å². The minimum atomic E-state index is -0.284. The predicted molar refractivity (Wildman–Crippen MR) is 129 cm³/mol. The number of rotatable bonds is 6. The third-order valence-electron chi connectivity index (χ3n) is 4.74. The molecule has 0 aliphatic heterocycles. The number of hydrogen-bond acceptors (Lipinski definition) is 6. The van der Waals surface area contributed by atoms with Gasteiger partial charge in [0.2, 0.25) is 0 Å². The highest BCUT2D eigenvalue weighted by atomic mass is 32.1. The fourth-order valence-electron chi connectivity index (χ4n) is 3.23. The van der Waals surface area contributed by atoms with Gasteiger partial charge in [-0.1, -0.05) is 6.08 Å². The Balaban J connectivity index is 1.60. The molecule has 0 radical (unpaired) electrons. The fraction of sp³-hybridized carbons (Fsp3) is 0.154. The van der Waals surface area contributed by atoms with Crippen LogP contribution in [0.4, 0.5) is 0 Å². The quantitative estimate of drug-likeness (QED) is 0.332. The van der Waals surface area contributed by atoms with Crippen molar-refractivity contribution in [3.05, 3.63) is 87.4 Å². The molecule has 0 bridgehead atoms. The van der Waals surface area contributed by atoms with E-state index in [0.29, 0.717) is 11.5 Å². The number of thiophene rings is 1. The van der Waals surface area contributed by atoms with Crippen LogP contribution in [-0.4, -0.2) is 27.5 Å². The van der Waals surface area contributed by atoms with Gasteiger partial charge in [0, 0.05) is 17.3 Å². The number of ether oxygens (including phenoxy) is 1. The Labute approximate surface area is 191 Å². The van der Waals surface area contributed by atoms with E-state index < -0.39 is 0 Å². The summed E-state index contributed by atoms with van der Waals surface area (Å²) in [6.45, 7) is 6.27. The normalized spacial score (nSPS) is 11.1. The monoisotopic (exact) mass is 441 g/mol. The van der Waals surface area contributed by atoms with Crippen molar-refractivity contribution in [1.82, 2.24) is 15.0 Å². The third-order valence-corrected chi connectivity index (χ3v) is 5.77. The van der Waals surface area contributed by atoms with Gasteiger partial charge in [-0.25, -0.2) is 9.78 Å². The third kappa shape index (κ3) is 5.15. The first-order valence-electron chi connectivity index (χ1n) is 10.3. The van der Waals surface area contributed by atoms with Crippen LogP contribution in [0.3, 0.4) is 0 Å². The molecule has 6 heteroatoms. The highest BCUT2D eigenvalue weighted by Gasteiger charge is 2.10. The molecule has 0 saturated carbocycles. The van der Waals surface area contributed by atoms with Crippen LogP contribution in [0.15, 0.2) is 60.9 Å². The largest absolute Gasteiger partial charge is 0.462 e. The second kappa shape index (κ2) is 9.66. The first kappa shape index (κ1) is 21.6. The van der Waals surface area contributed by atoms with Gasteiger partial charge >= 0.3 is 5.97 Å². The maximum absolute atomic E-state index is 11.9. The fourth-order valence-corrected chi connectivity index (χ4v) is 4.03. The van der Waals surface area contributed by atoms with Gasteiger partial charge in [0.1, 0.15) is 4.88 Å². The molecule has 4 aromatic rings. The van der Waals surface area contributed by atoms with Crippen LogP contribution in [0.2, 0.25) is 0 Å². The number of carbonyl (C=O) groups excluding carboxylic acids is 1. The number of aryl methyl sites for hydroxylation is 2. The van der Waals surface area contributed by atoms with Crippen LogP contribution in [0, 0.1) is 13.8 Å². The molecule has 0 aliphatic carbocycles. The van der Waals surface area contributed by atoms with Gasteiger partial charge in [0.25, 0.3) is 0 Å². The van der Waals surface area contributed by atoms with Gasteiger partial charge in [-0.3, -0.25) is 9.97 Å². The number of hydrogen-bond donors (Lipinski definition) is 0. The van der Waals surface area contributed by atoms with Crippen LogP contribution in [-0.2, 0) is 4.74 Å². The highest BCUT2D eigenvalue weighted by Crippen LogP contribution is 2.25. The summed E-state index contributed by atoms with van der Waals surface area (Å²) >= 11 is 1.41. The van der Waals surface area contributed by atoms with Gasteiger partial charge in [-0.05, 0) is 92.1 Å². The smallest absolute Gasteiger partial charge is 0.348 e. The maximum atomic E-state index is 11.9. The SMILES string of the molecule is CCOC(=O)c1ccc(C=Cc2ccnc(-c3cc(C)cc(-c4cc(C)ccn4)n3)c2)s1. The topological polar surface area (TPSA) is 65.0 Å². The van der Waals surface area contributed by atoms with Crippen molar-refractivity contribution in [2.45, 2.75) is 20.8 Å². The van der Waals surface area contributed by atoms with Gasteiger partial charge in [0.05, 0.1) is 29.4 Å². The molecule has 5 nitrogen and oxygen atoms in total. The van der Waals surface area contributed by atoms with E-state index in [1.807, 2.05) is 68.5 Å². The van der Waals surface area contributed by atoms with Gasteiger partial charge < -0.3 is 4.74 Å². The van der Waals surface area contributed by atoms with E-state index in [-0.39, 0.29) is 5.97 Å².